The fraction of sp³-hybridized carbons (Fsp3) is 0.333. The Balaban J connectivity index is 1.47. The molecule has 2 amide bonds. The highest BCUT2D eigenvalue weighted by Gasteiger charge is 2.41. The maximum atomic E-state index is 13.4. The topological polar surface area (TPSA) is 58.6 Å². The van der Waals surface area contributed by atoms with Gasteiger partial charge in [-0.05, 0) is 46.0 Å². The summed E-state index contributed by atoms with van der Waals surface area (Å²) in [6.07, 6.45) is 0.517. The van der Waals surface area contributed by atoms with Gasteiger partial charge in [0, 0.05) is 31.0 Å². The number of nitrogens with zero attached hydrogens (tertiary/aromatic N) is 1. The Hall–Kier alpha value is -3.34. The van der Waals surface area contributed by atoms with Crippen LogP contribution in [-0.2, 0) is 4.79 Å². The molecule has 0 bridgehead atoms. The molecule has 2 saturated heterocycles. The first-order chi connectivity index (χ1) is 15.5. The number of carbonyl (C=O) groups is 2. The lowest BCUT2D eigenvalue weighted by Crippen LogP contribution is -2.35. The van der Waals surface area contributed by atoms with Gasteiger partial charge in [-0.1, -0.05) is 56.3 Å². The van der Waals surface area contributed by atoms with Crippen molar-refractivity contribution in [2.45, 2.75) is 26.3 Å². The molecule has 2 atom stereocenters. The van der Waals surface area contributed by atoms with Gasteiger partial charge >= 0.3 is 0 Å². The monoisotopic (exact) mass is 428 g/mol. The molecule has 2 heterocycles. The Bertz CT molecular complexity index is 1170. The van der Waals surface area contributed by atoms with Crippen LogP contribution in [0, 0.1) is 11.8 Å². The molecule has 0 aromatic heterocycles. The fourth-order valence-electron chi connectivity index (χ4n) is 4.84. The summed E-state index contributed by atoms with van der Waals surface area (Å²) in [5.41, 5.74) is 2.86. The van der Waals surface area contributed by atoms with E-state index in [1.807, 2.05) is 47.4 Å². The van der Waals surface area contributed by atoms with Crippen LogP contribution >= 0.6 is 0 Å². The number of carbonyl (C=O) groups excluding carboxylic acids is 2. The summed E-state index contributed by atoms with van der Waals surface area (Å²) in [5.74, 6) is 1.67. The van der Waals surface area contributed by atoms with Gasteiger partial charge in [-0.3, -0.25) is 9.59 Å². The van der Waals surface area contributed by atoms with Crippen molar-refractivity contribution in [2.75, 3.05) is 19.7 Å². The van der Waals surface area contributed by atoms with E-state index in [2.05, 4.69) is 37.4 Å². The number of likely N-dealkylation sites (tertiary alicyclic amines) is 1. The van der Waals surface area contributed by atoms with Gasteiger partial charge in [-0.15, -0.1) is 0 Å². The highest BCUT2D eigenvalue weighted by atomic mass is 16.5. The molecule has 0 spiro atoms. The van der Waals surface area contributed by atoms with Crippen LogP contribution in [0.15, 0.2) is 60.7 Å². The molecule has 3 aromatic rings. The van der Waals surface area contributed by atoms with Crippen LogP contribution in [0.2, 0.25) is 0 Å². The molecule has 2 aliphatic rings. The molecule has 32 heavy (non-hydrogen) atoms. The zero-order valence-corrected chi connectivity index (χ0v) is 18.5. The number of rotatable bonds is 5. The van der Waals surface area contributed by atoms with Crippen LogP contribution in [0.5, 0.6) is 5.75 Å². The van der Waals surface area contributed by atoms with Crippen molar-refractivity contribution in [3.05, 3.63) is 66.2 Å². The third-order valence-corrected chi connectivity index (χ3v) is 6.41. The standard InChI is InChI=1S/C27H28N2O3/c1-17(2)16-32-20-7-5-6-18(12-20)21-10-11-24(23-9-4-3-8-22(21)23)27(31)29-14-19-13-26(30)28-25(19)15-29/h3-12,17,19,25H,13-16H2,1-2H3,(H,28,30)/t19-,25+/m0/s1. The summed E-state index contributed by atoms with van der Waals surface area (Å²) >= 11 is 0. The first kappa shape index (κ1) is 20.6. The highest BCUT2D eigenvalue weighted by Crippen LogP contribution is 2.34. The number of ether oxygens (including phenoxy) is 1. The van der Waals surface area contributed by atoms with Crippen molar-refractivity contribution in [3.8, 4) is 16.9 Å². The SMILES string of the molecule is CC(C)COc1cccc(-c2ccc(C(=O)N3C[C@@H]4CC(=O)N[C@@H]4C3)c3ccccc23)c1. The predicted molar refractivity (Wildman–Crippen MR) is 126 cm³/mol. The zero-order chi connectivity index (χ0) is 22.2. The van der Waals surface area contributed by atoms with E-state index >= 15 is 0 Å². The van der Waals surface area contributed by atoms with Crippen molar-refractivity contribution in [1.82, 2.24) is 10.2 Å². The second-order valence-corrected chi connectivity index (χ2v) is 9.29. The smallest absolute Gasteiger partial charge is 0.254 e. The summed E-state index contributed by atoms with van der Waals surface area (Å²) in [5, 5.41) is 4.99. The molecule has 0 radical (unpaired) electrons. The second-order valence-electron chi connectivity index (χ2n) is 9.29. The number of benzene rings is 3. The Morgan fingerprint density at radius 3 is 2.66 bits per heavy atom. The number of amides is 2. The van der Waals surface area contributed by atoms with Crippen molar-refractivity contribution in [2.24, 2.45) is 11.8 Å². The molecule has 5 nitrogen and oxygen atoms in total. The van der Waals surface area contributed by atoms with Gasteiger partial charge in [-0.2, -0.15) is 0 Å². The molecule has 0 unspecified atom stereocenters. The van der Waals surface area contributed by atoms with Crippen LogP contribution in [0.1, 0.15) is 30.6 Å². The van der Waals surface area contributed by atoms with Crippen LogP contribution in [-0.4, -0.2) is 42.5 Å². The van der Waals surface area contributed by atoms with Crippen molar-refractivity contribution in [1.29, 1.82) is 0 Å². The van der Waals surface area contributed by atoms with E-state index < -0.39 is 0 Å². The van der Waals surface area contributed by atoms with E-state index in [-0.39, 0.29) is 23.8 Å². The highest BCUT2D eigenvalue weighted by molar-refractivity contribution is 6.11. The summed E-state index contributed by atoms with van der Waals surface area (Å²) in [7, 11) is 0. The largest absolute Gasteiger partial charge is 0.493 e. The van der Waals surface area contributed by atoms with E-state index in [9.17, 15) is 9.59 Å². The van der Waals surface area contributed by atoms with E-state index in [1.54, 1.807) is 0 Å². The molecule has 0 aliphatic carbocycles. The number of nitrogens with one attached hydrogen (secondary N) is 1. The molecule has 5 rings (SSSR count). The normalized spacial score (nSPS) is 20.0. The first-order valence-corrected chi connectivity index (χ1v) is 11.3. The van der Waals surface area contributed by atoms with Crippen LogP contribution in [0.3, 0.4) is 0 Å². The molecule has 1 N–H and O–H groups in total. The second kappa shape index (κ2) is 8.30. The fourth-order valence-corrected chi connectivity index (χ4v) is 4.84. The average Bonchev–Trinajstić information content (AvgIpc) is 3.34. The van der Waals surface area contributed by atoms with Gasteiger partial charge in [0.2, 0.25) is 5.91 Å². The average molecular weight is 429 g/mol. The van der Waals surface area contributed by atoms with Crippen molar-refractivity contribution in [3.63, 3.8) is 0 Å². The van der Waals surface area contributed by atoms with Crippen molar-refractivity contribution >= 4 is 22.6 Å². The van der Waals surface area contributed by atoms with Crippen LogP contribution < -0.4 is 10.1 Å². The maximum Gasteiger partial charge on any atom is 0.254 e. The van der Waals surface area contributed by atoms with Crippen LogP contribution in [0.25, 0.3) is 21.9 Å². The van der Waals surface area contributed by atoms with Crippen LogP contribution in [0.4, 0.5) is 0 Å². The number of hydrogen-bond donors (Lipinski definition) is 1. The number of fused-ring (bicyclic) bond motifs is 2. The molecule has 0 saturated carbocycles. The summed E-state index contributed by atoms with van der Waals surface area (Å²) in [4.78, 5) is 26.9. The summed E-state index contributed by atoms with van der Waals surface area (Å²) < 4.78 is 5.92. The van der Waals surface area contributed by atoms with Gasteiger partial charge in [0.15, 0.2) is 0 Å². The lowest BCUT2D eigenvalue weighted by Gasteiger charge is -2.19. The van der Waals surface area contributed by atoms with Crippen molar-refractivity contribution < 1.29 is 14.3 Å². The first-order valence-electron chi connectivity index (χ1n) is 11.3. The predicted octanol–water partition coefficient (Wildman–Crippen LogP) is 4.50. The Morgan fingerprint density at radius 2 is 1.88 bits per heavy atom. The van der Waals surface area contributed by atoms with Gasteiger partial charge in [0.1, 0.15) is 5.75 Å². The molecule has 2 aliphatic heterocycles. The minimum Gasteiger partial charge on any atom is -0.493 e. The minimum absolute atomic E-state index is 0.0328. The van der Waals surface area contributed by atoms with Gasteiger partial charge in [-0.25, -0.2) is 0 Å². The van der Waals surface area contributed by atoms with E-state index in [0.29, 0.717) is 37.6 Å². The molecule has 2 fully saturated rings. The summed E-state index contributed by atoms with van der Waals surface area (Å²) in [6, 6.07) is 20.3. The maximum absolute atomic E-state index is 13.4. The van der Waals surface area contributed by atoms with E-state index in [1.165, 1.54) is 0 Å². The van der Waals surface area contributed by atoms with E-state index in [0.717, 1.165) is 27.6 Å². The minimum atomic E-state index is 0.0328. The Labute approximate surface area is 188 Å². The lowest BCUT2D eigenvalue weighted by atomic mass is 9.94. The van der Waals surface area contributed by atoms with E-state index in [4.69, 9.17) is 4.74 Å². The zero-order valence-electron chi connectivity index (χ0n) is 18.5. The molecular weight excluding hydrogens is 400 g/mol. The molecule has 3 aromatic carbocycles. The molecule has 5 heteroatoms. The quantitative estimate of drug-likeness (QED) is 0.651. The van der Waals surface area contributed by atoms with Gasteiger partial charge in [0.05, 0.1) is 12.6 Å². The molecule has 164 valence electrons. The third-order valence-electron chi connectivity index (χ3n) is 6.41. The lowest BCUT2D eigenvalue weighted by molar-refractivity contribution is -0.119. The Kier molecular flexibility index (Phi) is 5.33. The molecular formula is C27H28N2O3. The Morgan fingerprint density at radius 1 is 1.06 bits per heavy atom. The van der Waals surface area contributed by atoms with Gasteiger partial charge in [0.25, 0.3) is 5.91 Å². The summed E-state index contributed by atoms with van der Waals surface area (Å²) in [6.45, 7) is 6.16. The van der Waals surface area contributed by atoms with Gasteiger partial charge < -0.3 is 15.0 Å². The third kappa shape index (κ3) is 3.83. The number of hydrogen-bond acceptors (Lipinski definition) is 3.